The van der Waals surface area contributed by atoms with E-state index in [1.54, 1.807) is 0 Å². The van der Waals surface area contributed by atoms with Gasteiger partial charge in [-0.05, 0) is 6.92 Å². The first-order valence-corrected chi connectivity index (χ1v) is 2.41. The molecule has 0 aliphatic rings. The third-order valence-electron chi connectivity index (χ3n) is 0.940. The summed E-state index contributed by atoms with van der Waals surface area (Å²) in [5, 5.41) is 0. The molecule has 1 aromatic rings. The molecular formula is C8H11Y3-. The molecule has 0 unspecified atom stereocenters. The molecule has 0 aromatic heterocycles. The Morgan fingerprint density at radius 3 is 1.36 bits per heavy atom. The van der Waals surface area contributed by atoms with E-state index in [0.29, 0.717) is 0 Å². The van der Waals surface area contributed by atoms with Crippen LogP contribution in [-0.4, -0.2) is 0 Å². The summed E-state index contributed by atoms with van der Waals surface area (Å²) in [6, 6.07) is 10.3. The Labute approximate surface area is 145 Å². The van der Waals surface area contributed by atoms with Crippen LogP contribution in [0.2, 0.25) is 0 Å². The molecule has 11 heavy (non-hydrogen) atoms. The SMILES string of the molecule is Cc1ccccc1.[CH3-].[Y].[Y].[Y]. The molecular weight excluding hydrogens is 363 g/mol. The molecule has 1 rings (SSSR count). The van der Waals surface area contributed by atoms with E-state index in [0.717, 1.165) is 0 Å². The van der Waals surface area contributed by atoms with Gasteiger partial charge in [0.05, 0.1) is 0 Å². The molecule has 3 radical (unpaired) electrons. The van der Waals surface area contributed by atoms with Crippen LogP contribution in [0, 0.1) is 14.4 Å². The summed E-state index contributed by atoms with van der Waals surface area (Å²) in [5.41, 5.74) is 1.32. The van der Waals surface area contributed by atoms with Crippen LogP contribution in [0.3, 0.4) is 0 Å². The van der Waals surface area contributed by atoms with Crippen molar-refractivity contribution >= 4 is 0 Å². The van der Waals surface area contributed by atoms with Crippen LogP contribution < -0.4 is 0 Å². The fraction of sp³-hybridized carbons (Fsp3) is 0.125. The summed E-state index contributed by atoms with van der Waals surface area (Å²) in [7, 11) is 0. The maximum Gasteiger partial charge on any atom is 0 e. The van der Waals surface area contributed by atoms with Crippen LogP contribution >= 0.6 is 0 Å². The van der Waals surface area contributed by atoms with Gasteiger partial charge in [0, 0.05) is 98.1 Å². The van der Waals surface area contributed by atoms with Gasteiger partial charge >= 0.3 is 0 Å². The van der Waals surface area contributed by atoms with Gasteiger partial charge in [-0.1, -0.05) is 35.9 Å². The van der Waals surface area contributed by atoms with Gasteiger partial charge in [0.15, 0.2) is 0 Å². The summed E-state index contributed by atoms with van der Waals surface area (Å²) < 4.78 is 0. The Kier molecular flexibility index (Phi) is 31.9. The Hall–Kier alpha value is 2.53. The minimum Gasteiger partial charge on any atom is -0.358 e. The van der Waals surface area contributed by atoms with Gasteiger partial charge in [0.2, 0.25) is 0 Å². The zero-order valence-corrected chi connectivity index (χ0v) is 15.6. The fourth-order valence-corrected chi connectivity index (χ4v) is 0.534. The number of hydrogen-bond donors (Lipinski definition) is 0. The van der Waals surface area contributed by atoms with Gasteiger partial charge in [-0.25, -0.2) is 0 Å². The van der Waals surface area contributed by atoms with E-state index in [-0.39, 0.29) is 106 Å². The number of aryl methyl sites for hydroxylation is 1. The molecule has 0 aliphatic heterocycles. The molecule has 53 valence electrons. The smallest absolute Gasteiger partial charge is 0 e. The number of benzene rings is 1. The monoisotopic (exact) mass is 374 g/mol. The molecule has 0 aliphatic carbocycles. The predicted octanol–water partition coefficient (Wildman–Crippen LogP) is 2.44. The van der Waals surface area contributed by atoms with Crippen LogP contribution in [-0.2, 0) is 98.1 Å². The van der Waals surface area contributed by atoms with Crippen LogP contribution in [0.4, 0.5) is 0 Å². The third-order valence-corrected chi connectivity index (χ3v) is 0.940. The van der Waals surface area contributed by atoms with E-state index < -0.39 is 0 Å². The molecule has 0 heterocycles. The Morgan fingerprint density at radius 2 is 1.18 bits per heavy atom. The molecule has 0 fully saturated rings. The number of rotatable bonds is 0. The van der Waals surface area contributed by atoms with E-state index in [2.05, 4.69) is 19.1 Å². The standard InChI is InChI=1S/C7H8.CH3.3Y/c1-7-5-3-2-4-6-7;;;;/h2-6H,1H3;1H3;;;/q;-1;;;. The molecule has 0 spiro atoms. The molecule has 0 nitrogen and oxygen atoms in total. The van der Waals surface area contributed by atoms with Gasteiger partial charge in [-0.15, -0.1) is 0 Å². The van der Waals surface area contributed by atoms with Crippen LogP contribution in [0.5, 0.6) is 0 Å². The number of hydrogen-bond acceptors (Lipinski definition) is 0. The second-order valence-electron chi connectivity index (χ2n) is 1.65. The van der Waals surface area contributed by atoms with Crippen molar-refractivity contribution in [2.75, 3.05) is 0 Å². The summed E-state index contributed by atoms with van der Waals surface area (Å²) in [5.74, 6) is 0. The maximum atomic E-state index is 2.08. The van der Waals surface area contributed by atoms with Crippen LogP contribution in [0.1, 0.15) is 5.56 Å². The van der Waals surface area contributed by atoms with E-state index in [1.165, 1.54) is 5.56 Å². The minimum atomic E-state index is 0. The zero-order chi connectivity index (χ0) is 5.11. The van der Waals surface area contributed by atoms with E-state index >= 15 is 0 Å². The summed E-state index contributed by atoms with van der Waals surface area (Å²) in [6.45, 7) is 2.08. The van der Waals surface area contributed by atoms with Crippen molar-refractivity contribution in [2.24, 2.45) is 0 Å². The average Bonchev–Trinajstić information content (AvgIpc) is 1.69. The van der Waals surface area contributed by atoms with Gasteiger partial charge in [-0.3, -0.25) is 0 Å². The van der Waals surface area contributed by atoms with Crippen LogP contribution in [0.15, 0.2) is 30.3 Å². The summed E-state index contributed by atoms with van der Waals surface area (Å²) >= 11 is 0. The van der Waals surface area contributed by atoms with Gasteiger partial charge in [-0.2, -0.15) is 0 Å². The topological polar surface area (TPSA) is 0 Å². The fourth-order valence-electron chi connectivity index (χ4n) is 0.534. The molecule has 0 atom stereocenters. The van der Waals surface area contributed by atoms with Gasteiger partial charge in [0.25, 0.3) is 0 Å². The average molecular weight is 374 g/mol. The van der Waals surface area contributed by atoms with Crippen molar-refractivity contribution in [3.05, 3.63) is 43.3 Å². The van der Waals surface area contributed by atoms with E-state index in [1.807, 2.05) is 18.2 Å². The molecule has 0 N–H and O–H groups in total. The van der Waals surface area contributed by atoms with Crippen molar-refractivity contribution < 1.29 is 98.1 Å². The minimum absolute atomic E-state index is 0. The van der Waals surface area contributed by atoms with Gasteiger partial charge < -0.3 is 7.43 Å². The summed E-state index contributed by atoms with van der Waals surface area (Å²) in [6.07, 6.45) is 0. The Bertz CT molecular complexity index is 139. The second-order valence-corrected chi connectivity index (χ2v) is 1.65. The molecule has 0 amide bonds. The van der Waals surface area contributed by atoms with Crippen molar-refractivity contribution in [3.8, 4) is 0 Å². The quantitative estimate of drug-likeness (QED) is 0.613. The van der Waals surface area contributed by atoms with E-state index in [9.17, 15) is 0 Å². The van der Waals surface area contributed by atoms with Crippen LogP contribution in [0.25, 0.3) is 0 Å². The second kappa shape index (κ2) is 15.0. The predicted molar refractivity (Wildman–Crippen MR) is 37.6 cm³/mol. The van der Waals surface area contributed by atoms with E-state index in [4.69, 9.17) is 0 Å². The maximum absolute atomic E-state index is 2.08. The normalized spacial score (nSPS) is 5.55. The zero-order valence-electron chi connectivity index (χ0n) is 7.12. The first kappa shape index (κ1) is 23.4. The Balaban J connectivity index is -0.0000000612. The molecule has 3 heteroatoms. The molecule has 1 aromatic carbocycles. The van der Waals surface area contributed by atoms with Crippen molar-refractivity contribution in [3.63, 3.8) is 0 Å². The third kappa shape index (κ3) is 12.5. The molecule has 0 saturated carbocycles. The van der Waals surface area contributed by atoms with Crippen molar-refractivity contribution in [1.82, 2.24) is 0 Å². The van der Waals surface area contributed by atoms with Crippen molar-refractivity contribution in [1.29, 1.82) is 0 Å². The first-order valence-electron chi connectivity index (χ1n) is 2.41. The molecule has 0 saturated heterocycles. The van der Waals surface area contributed by atoms with Crippen molar-refractivity contribution in [2.45, 2.75) is 6.92 Å². The first-order chi connectivity index (χ1) is 3.39. The largest absolute Gasteiger partial charge is 0.358 e. The molecule has 0 bridgehead atoms. The summed E-state index contributed by atoms with van der Waals surface area (Å²) in [4.78, 5) is 0. The van der Waals surface area contributed by atoms with Gasteiger partial charge in [0.1, 0.15) is 0 Å². The Morgan fingerprint density at radius 1 is 0.818 bits per heavy atom.